The molecular formula is C14H10Br3Cl. The second-order valence-corrected chi connectivity index (χ2v) is 7.31. The smallest absolute Gasteiger partial charge is 0.0450 e. The minimum atomic E-state index is 0.205. The van der Waals surface area contributed by atoms with E-state index >= 15 is 0 Å². The van der Waals surface area contributed by atoms with Crippen molar-refractivity contribution in [1.82, 2.24) is 0 Å². The zero-order valence-corrected chi connectivity index (χ0v) is 14.9. The van der Waals surface area contributed by atoms with Crippen LogP contribution in [0.4, 0.5) is 0 Å². The van der Waals surface area contributed by atoms with Crippen molar-refractivity contribution in [2.45, 2.75) is 11.2 Å². The summed E-state index contributed by atoms with van der Waals surface area (Å²) in [5.41, 5.74) is 2.37. The molecule has 2 aromatic rings. The van der Waals surface area contributed by atoms with E-state index in [4.69, 9.17) is 11.6 Å². The van der Waals surface area contributed by atoms with Crippen molar-refractivity contribution < 1.29 is 0 Å². The molecule has 0 radical (unpaired) electrons. The summed E-state index contributed by atoms with van der Waals surface area (Å²) in [5, 5.41) is 0.787. The maximum atomic E-state index is 6.23. The van der Waals surface area contributed by atoms with Crippen LogP contribution in [0.5, 0.6) is 0 Å². The molecule has 0 spiro atoms. The van der Waals surface area contributed by atoms with Gasteiger partial charge < -0.3 is 0 Å². The van der Waals surface area contributed by atoms with Gasteiger partial charge in [-0.1, -0.05) is 71.5 Å². The van der Waals surface area contributed by atoms with Crippen molar-refractivity contribution in [3.8, 4) is 0 Å². The van der Waals surface area contributed by atoms with Gasteiger partial charge >= 0.3 is 0 Å². The maximum Gasteiger partial charge on any atom is 0.0450 e. The molecule has 0 nitrogen and oxygen atoms in total. The van der Waals surface area contributed by atoms with Crippen molar-refractivity contribution in [2.75, 3.05) is 0 Å². The number of rotatable bonds is 3. The van der Waals surface area contributed by atoms with Crippen molar-refractivity contribution in [3.63, 3.8) is 0 Å². The van der Waals surface area contributed by atoms with Crippen molar-refractivity contribution in [2.24, 2.45) is 0 Å². The minimum Gasteiger partial charge on any atom is -0.0840 e. The maximum absolute atomic E-state index is 6.23. The van der Waals surface area contributed by atoms with Crippen LogP contribution in [0.15, 0.2) is 51.4 Å². The van der Waals surface area contributed by atoms with Crippen molar-refractivity contribution in [1.29, 1.82) is 0 Å². The van der Waals surface area contributed by atoms with E-state index in [1.54, 1.807) is 0 Å². The predicted molar refractivity (Wildman–Crippen MR) is 88.7 cm³/mol. The molecule has 0 bridgehead atoms. The molecule has 1 unspecified atom stereocenters. The monoisotopic (exact) mass is 450 g/mol. The predicted octanol–water partition coefficient (Wildman–Crippen LogP) is 6.54. The highest BCUT2D eigenvalue weighted by atomic mass is 79.9. The second-order valence-electron chi connectivity index (χ2n) is 3.97. The fourth-order valence-corrected chi connectivity index (χ4v) is 3.69. The topological polar surface area (TPSA) is 0 Å². The van der Waals surface area contributed by atoms with Gasteiger partial charge in [-0.3, -0.25) is 0 Å². The summed E-state index contributed by atoms with van der Waals surface area (Å²) in [4.78, 5) is 0.205. The molecule has 0 amide bonds. The van der Waals surface area contributed by atoms with E-state index in [9.17, 15) is 0 Å². The number of hydrogen-bond acceptors (Lipinski definition) is 0. The van der Waals surface area contributed by atoms with Gasteiger partial charge in [0.2, 0.25) is 0 Å². The molecule has 0 fully saturated rings. The van der Waals surface area contributed by atoms with Gasteiger partial charge in [0, 0.05) is 18.8 Å². The average molecular weight is 453 g/mol. The quantitative estimate of drug-likeness (QED) is 0.463. The van der Waals surface area contributed by atoms with Crippen LogP contribution in [0.2, 0.25) is 5.02 Å². The Morgan fingerprint density at radius 2 is 1.72 bits per heavy atom. The van der Waals surface area contributed by atoms with Gasteiger partial charge in [0.15, 0.2) is 0 Å². The van der Waals surface area contributed by atoms with Gasteiger partial charge in [0.25, 0.3) is 0 Å². The highest BCUT2D eigenvalue weighted by Gasteiger charge is 2.12. The molecule has 4 heteroatoms. The largest absolute Gasteiger partial charge is 0.0840 e. The van der Waals surface area contributed by atoms with Crippen LogP contribution in [-0.4, -0.2) is 0 Å². The van der Waals surface area contributed by atoms with Gasteiger partial charge in [0.05, 0.1) is 0 Å². The number of halogens is 4. The summed E-state index contributed by atoms with van der Waals surface area (Å²) in [7, 11) is 0. The zero-order chi connectivity index (χ0) is 13.1. The molecule has 0 aliphatic carbocycles. The second kappa shape index (κ2) is 6.56. The normalized spacial score (nSPS) is 12.4. The Balaban J connectivity index is 2.21. The lowest BCUT2D eigenvalue weighted by atomic mass is 10.0. The lowest BCUT2D eigenvalue weighted by molar-refractivity contribution is 0.947. The van der Waals surface area contributed by atoms with Crippen LogP contribution >= 0.6 is 59.4 Å². The molecule has 0 N–H and O–H groups in total. The zero-order valence-electron chi connectivity index (χ0n) is 9.34. The summed E-state index contributed by atoms with van der Waals surface area (Å²) in [6, 6.07) is 14.2. The van der Waals surface area contributed by atoms with Gasteiger partial charge in [-0.25, -0.2) is 0 Å². The summed E-state index contributed by atoms with van der Waals surface area (Å²) >= 11 is 16.9. The Morgan fingerprint density at radius 1 is 1.00 bits per heavy atom. The van der Waals surface area contributed by atoms with Crippen LogP contribution in [-0.2, 0) is 6.42 Å². The summed E-state index contributed by atoms with van der Waals surface area (Å²) in [5.74, 6) is 0. The van der Waals surface area contributed by atoms with Gasteiger partial charge in [-0.2, -0.15) is 0 Å². The Morgan fingerprint density at radius 3 is 2.44 bits per heavy atom. The fourth-order valence-electron chi connectivity index (χ4n) is 1.74. The van der Waals surface area contributed by atoms with E-state index in [1.807, 2.05) is 24.3 Å². The first-order valence-corrected chi connectivity index (χ1v) is 8.27. The third kappa shape index (κ3) is 3.83. The number of alkyl halides is 1. The van der Waals surface area contributed by atoms with Crippen LogP contribution in [0, 0.1) is 0 Å². The molecule has 18 heavy (non-hydrogen) atoms. The highest BCUT2D eigenvalue weighted by molar-refractivity contribution is 9.10. The number of benzene rings is 2. The Bertz CT molecular complexity index is 554. The standard InChI is InChI=1S/C14H10Br3Cl/c15-10-3-1-2-9(6-10)7-13(17)12-8-11(16)4-5-14(12)18/h1-6,8,13H,7H2. The van der Waals surface area contributed by atoms with Crippen molar-refractivity contribution >= 4 is 59.4 Å². The van der Waals surface area contributed by atoms with Crippen molar-refractivity contribution in [3.05, 3.63) is 67.6 Å². The van der Waals surface area contributed by atoms with Crippen LogP contribution in [0.3, 0.4) is 0 Å². The molecular weight excluding hydrogens is 443 g/mol. The van der Waals surface area contributed by atoms with Crippen LogP contribution < -0.4 is 0 Å². The van der Waals surface area contributed by atoms with Gasteiger partial charge in [-0.05, 0) is 47.9 Å². The fraction of sp³-hybridized carbons (Fsp3) is 0.143. The molecule has 0 heterocycles. The van der Waals surface area contributed by atoms with Gasteiger partial charge in [-0.15, -0.1) is 0 Å². The minimum absolute atomic E-state index is 0.205. The SMILES string of the molecule is Clc1ccc(Br)cc1C(Br)Cc1cccc(Br)c1. The summed E-state index contributed by atoms with van der Waals surface area (Å²) in [6.07, 6.45) is 0.898. The average Bonchev–Trinajstić information content (AvgIpc) is 2.32. The first-order chi connectivity index (χ1) is 8.56. The third-order valence-corrected chi connectivity index (χ3v) is 4.75. The van der Waals surface area contributed by atoms with E-state index in [0.29, 0.717) is 0 Å². The summed E-state index contributed by atoms with van der Waals surface area (Å²) in [6.45, 7) is 0. The lowest BCUT2D eigenvalue weighted by Crippen LogP contribution is -1.96. The summed E-state index contributed by atoms with van der Waals surface area (Å²) < 4.78 is 2.14. The van der Waals surface area contributed by atoms with E-state index in [1.165, 1.54) is 5.56 Å². The molecule has 2 aromatic carbocycles. The third-order valence-electron chi connectivity index (χ3n) is 2.60. The molecule has 2 rings (SSSR count). The lowest BCUT2D eigenvalue weighted by Gasteiger charge is -2.13. The van der Waals surface area contributed by atoms with Crippen LogP contribution in [0.25, 0.3) is 0 Å². The Hall–Kier alpha value is 0.170. The Labute approximate surface area is 137 Å². The highest BCUT2D eigenvalue weighted by Crippen LogP contribution is 2.34. The van der Waals surface area contributed by atoms with Crippen LogP contribution in [0.1, 0.15) is 16.0 Å². The molecule has 0 saturated heterocycles. The van der Waals surface area contributed by atoms with E-state index < -0.39 is 0 Å². The van der Waals surface area contributed by atoms with Gasteiger partial charge in [0.1, 0.15) is 0 Å². The molecule has 0 aromatic heterocycles. The first-order valence-electron chi connectivity index (χ1n) is 5.40. The molecule has 94 valence electrons. The van der Waals surface area contributed by atoms with E-state index in [2.05, 4.69) is 66.0 Å². The van der Waals surface area contributed by atoms with E-state index in [-0.39, 0.29) is 4.83 Å². The molecule has 0 aliphatic rings. The number of hydrogen-bond donors (Lipinski definition) is 0. The molecule has 0 saturated carbocycles. The Kier molecular flexibility index (Phi) is 5.31. The molecule has 1 atom stereocenters. The first kappa shape index (κ1) is 14.6. The van der Waals surface area contributed by atoms with E-state index in [0.717, 1.165) is 26.0 Å². The molecule has 0 aliphatic heterocycles.